The number of carboxylic acid groups (broad SMARTS) is 1. The van der Waals surface area contributed by atoms with Gasteiger partial charge in [-0.25, -0.2) is 0 Å². The first kappa shape index (κ1) is 13.5. The summed E-state index contributed by atoms with van der Waals surface area (Å²) in [7, 11) is 0. The quantitative estimate of drug-likeness (QED) is 0.727. The Morgan fingerprint density at radius 3 is 2.31 bits per heavy atom. The highest BCUT2D eigenvalue weighted by molar-refractivity contribution is 5.69. The van der Waals surface area contributed by atoms with Gasteiger partial charge in [0.15, 0.2) is 0 Å². The molecule has 0 spiro atoms. The molecular formula is C13H25NO2. The van der Waals surface area contributed by atoms with Crippen molar-refractivity contribution in [3.8, 4) is 0 Å². The van der Waals surface area contributed by atoms with Crippen molar-refractivity contribution in [2.24, 2.45) is 5.92 Å². The molecule has 0 heterocycles. The molecule has 1 aliphatic rings. The van der Waals surface area contributed by atoms with Gasteiger partial charge in [0.25, 0.3) is 0 Å². The van der Waals surface area contributed by atoms with Crippen molar-refractivity contribution in [2.75, 3.05) is 13.1 Å². The molecule has 0 aromatic heterocycles. The second kappa shape index (κ2) is 6.89. The van der Waals surface area contributed by atoms with Gasteiger partial charge >= 0.3 is 5.97 Å². The van der Waals surface area contributed by atoms with E-state index in [0.29, 0.717) is 12.0 Å². The molecule has 0 unspecified atom stereocenters. The molecule has 3 heteroatoms. The van der Waals surface area contributed by atoms with Crippen molar-refractivity contribution >= 4 is 5.97 Å². The van der Waals surface area contributed by atoms with Crippen LogP contribution in [-0.2, 0) is 4.79 Å². The summed E-state index contributed by atoms with van der Waals surface area (Å²) in [5.74, 6) is -0.0298. The van der Waals surface area contributed by atoms with Gasteiger partial charge in [-0.2, -0.15) is 0 Å². The predicted octanol–water partition coefficient (Wildman–Crippen LogP) is 2.75. The maximum absolute atomic E-state index is 10.9. The second-order valence-electron chi connectivity index (χ2n) is 4.94. The van der Waals surface area contributed by atoms with Crippen LogP contribution >= 0.6 is 0 Å². The van der Waals surface area contributed by atoms with Crippen molar-refractivity contribution in [1.82, 2.24) is 4.90 Å². The zero-order valence-electron chi connectivity index (χ0n) is 10.6. The normalized spacial score (nSPS) is 17.5. The zero-order chi connectivity index (χ0) is 12.0. The van der Waals surface area contributed by atoms with Crippen LogP contribution in [0.4, 0.5) is 0 Å². The molecule has 0 amide bonds. The molecule has 0 radical (unpaired) electrons. The number of carboxylic acids is 1. The van der Waals surface area contributed by atoms with Crippen LogP contribution in [0.25, 0.3) is 0 Å². The van der Waals surface area contributed by atoms with Gasteiger partial charge in [0.05, 0.1) is 6.54 Å². The predicted molar refractivity (Wildman–Crippen MR) is 65.5 cm³/mol. The van der Waals surface area contributed by atoms with E-state index in [9.17, 15) is 4.79 Å². The Kier molecular flexibility index (Phi) is 5.81. The number of aliphatic carboxylic acids is 1. The lowest BCUT2D eigenvalue weighted by Gasteiger charge is -2.30. The molecule has 1 aliphatic carbocycles. The van der Waals surface area contributed by atoms with E-state index in [1.165, 1.54) is 25.7 Å². The van der Waals surface area contributed by atoms with E-state index in [1.54, 1.807) is 0 Å². The molecule has 0 aliphatic heterocycles. The molecule has 0 aromatic rings. The Morgan fingerprint density at radius 2 is 1.88 bits per heavy atom. The molecule has 3 nitrogen and oxygen atoms in total. The highest BCUT2D eigenvalue weighted by Gasteiger charge is 2.25. The Morgan fingerprint density at radius 1 is 1.31 bits per heavy atom. The fourth-order valence-electron chi connectivity index (χ4n) is 2.66. The van der Waals surface area contributed by atoms with Crippen LogP contribution in [0, 0.1) is 5.92 Å². The molecule has 1 saturated carbocycles. The fraction of sp³-hybridized carbons (Fsp3) is 0.923. The summed E-state index contributed by atoms with van der Waals surface area (Å²) in [5.41, 5.74) is 0. The van der Waals surface area contributed by atoms with Gasteiger partial charge < -0.3 is 5.11 Å². The second-order valence-corrected chi connectivity index (χ2v) is 4.94. The zero-order valence-corrected chi connectivity index (χ0v) is 10.6. The van der Waals surface area contributed by atoms with E-state index in [0.717, 1.165) is 19.4 Å². The molecule has 16 heavy (non-hydrogen) atoms. The third-order valence-corrected chi connectivity index (χ3v) is 3.83. The van der Waals surface area contributed by atoms with Crippen LogP contribution in [0.15, 0.2) is 0 Å². The van der Waals surface area contributed by atoms with Gasteiger partial charge in [0.1, 0.15) is 0 Å². The Hall–Kier alpha value is -0.570. The monoisotopic (exact) mass is 227 g/mol. The maximum atomic E-state index is 10.9. The van der Waals surface area contributed by atoms with E-state index >= 15 is 0 Å². The van der Waals surface area contributed by atoms with Crippen molar-refractivity contribution in [3.63, 3.8) is 0 Å². The van der Waals surface area contributed by atoms with E-state index in [4.69, 9.17) is 5.11 Å². The summed E-state index contributed by atoms with van der Waals surface area (Å²) >= 11 is 0. The SMILES string of the molecule is CCC(CC)CN(CC(=O)O)C1CCCC1. The molecule has 1 N–H and O–H groups in total. The lowest BCUT2D eigenvalue weighted by atomic mass is 10.0. The molecule has 94 valence electrons. The number of hydrogen-bond acceptors (Lipinski definition) is 2. The molecular weight excluding hydrogens is 202 g/mol. The van der Waals surface area contributed by atoms with Crippen LogP contribution in [0.1, 0.15) is 52.4 Å². The van der Waals surface area contributed by atoms with Crippen LogP contribution in [0.5, 0.6) is 0 Å². The topological polar surface area (TPSA) is 40.5 Å². The Labute approximate surface area is 98.8 Å². The Bertz CT molecular complexity index is 208. The van der Waals surface area contributed by atoms with Crippen LogP contribution in [0.3, 0.4) is 0 Å². The number of hydrogen-bond donors (Lipinski definition) is 1. The molecule has 1 rings (SSSR count). The first-order valence-corrected chi connectivity index (χ1v) is 6.63. The van der Waals surface area contributed by atoms with Gasteiger partial charge in [0.2, 0.25) is 0 Å². The van der Waals surface area contributed by atoms with Crippen LogP contribution < -0.4 is 0 Å². The molecule has 0 saturated heterocycles. The van der Waals surface area contributed by atoms with E-state index in [2.05, 4.69) is 18.7 Å². The molecule has 0 bridgehead atoms. The van der Waals surface area contributed by atoms with Crippen molar-refractivity contribution in [2.45, 2.75) is 58.4 Å². The minimum Gasteiger partial charge on any atom is -0.480 e. The molecule has 0 aromatic carbocycles. The third kappa shape index (κ3) is 4.12. The standard InChI is InChI=1S/C13H25NO2/c1-3-11(4-2)9-14(10-13(15)16)12-7-5-6-8-12/h11-12H,3-10H2,1-2H3,(H,15,16). The summed E-state index contributed by atoms with van der Waals surface area (Å²) in [6.07, 6.45) is 7.22. The minimum absolute atomic E-state index is 0.223. The lowest BCUT2D eigenvalue weighted by Crippen LogP contribution is -2.40. The maximum Gasteiger partial charge on any atom is 0.317 e. The highest BCUT2D eigenvalue weighted by Crippen LogP contribution is 2.25. The summed E-state index contributed by atoms with van der Waals surface area (Å²) in [6, 6.07) is 0.525. The van der Waals surface area contributed by atoms with Crippen LogP contribution in [-0.4, -0.2) is 35.1 Å². The Balaban J connectivity index is 2.51. The number of rotatable bonds is 7. The van der Waals surface area contributed by atoms with Crippen LogP contribution in [0.2, 0.25) is 0 Å². The molecule has 1 fully saturated rings. The van der Waals surface area contributed by atoms with Gasteiger partial charge in [0, 0.05) is 12.6 Å². The summed E-state index contributed by atoms with van der Waals surface area (Å²) in [4.78, 5) is 13.1. The summed E-state index contributed by atoms with van der Waals surface area (Å²) in [5, 5.41) is 8.96. The van der Waals surface area contributed by atoms with E-state index in [-0.39, 0.29) is 6.54 Å². The molecule has 0 atom stereocenters. The van der Waals surface area contributed by atoms with Gasteiger partial charge in [-0.05, 0) is 18.8 Å². The van der Waals surface area contributed by atoms with Gasteiger partial charge in [-0.1, -0.05) is 39.5 Å². The van der Waals surface area contributed by atoms with E-state index in [1.807, 2.05) is 0 Å². The van der Waals surface area contributed by atoms with Gasteiger partial charge in [-0.3, -0.25) is 9.69 Å². The summed E-state index contributed by atoms with van der Waals surface area (Å²) in [6.45, 7) is 5.58. The lowest BCUT2D eigenvalue weighted by molar-refractivity contribution is -0.139. The van der Waals surface area contributed by atoms with Crippen molar-refractivity contribution < 1.29 is 9.90 Å². The van der Waals surface area contributed by atoms with Gasteiger partial charge in [-0.15, -0.1) is 0 Å². The highest BCUT2D eigenvalue weighted by atomic mass is 16.4. The first-order chi connectivity index (χ1) is 7.67. The van der Waals surface area contributed by atoms with Crippen molar-refractivity contribution in [3.05, 3.63) is 0 Å². The minimum atomic E-state index is -0.683. The first-order valence-electron chi connectivity index (χ1n) is 6.63. The smallest absolute Gasteiger partial charge is 0.317 e. The van der Waals surface area contributed by atoms with Crippen molar-refractivity contribution in [1.29, 1.82) is 0 Å². The number of carbonyl (C=O) groups is 1. The van der Waals surface area contributed by atoms with E-state index < -0.39 is 5.97 Å². The third-order valence-electron chi connectivity index (χ3n) is 3.83. The number of nitrogens with zero attached hydrogens (tertiary/aromatic N) is 1. The largest absolute Gasteiger partial charge is 0.480 e. The average molecular weight is 227 g/mol. The summed E-state index contributed by atoms with van der Waals surface area (Å²) < 4.78 is 0. The average Bonchev–Trinajstić information content (AvgIpc) is 2.76. The fourth-order valence-corrected chi connectivity index (χ4v) is 2.66.